The number of rotatable bonds is 3. The van der Waals surface area contributed by atoms with Gasteiger partial charge in [-0.3, -0.25) is 4.79 Å². The molecule has 0 radical (unpaired) electrons. The fraction of sp³-hybridized carbons (Fsp3) is 0.500. The summed E-state index contributed by atoms with van der Waals surface area (Å²) in [4.78, 5) is 11.2. The third-order valence-electron chi connectivity index (χ3n) is 3.07. The van der Waals surface area contributed by atoms with Crippen molar-refractivity contribution in [2.45, 2.75) is 26.7 Å². The Balaban J connectivity index is 2.16. The molecule has 0 fully saturated rings. The van der Waals surface area contributed by atoms with Gasteiger partial charge in [0.2, 0.25) is 5.78 Å². The summed E-state index contributed by atoms with van der Waals surface area (Å²) < 4.78 is 10.8. The van der Waals surface area contributed by atoms with Crippen LogP contribution >= 0.6 is 0 Å². The highest BCUT2D eigenvalue weighted by molar-refractivity contribution is 5.82. The summed E-state index contributed by atoms with van der Waals surface area (Å²) in [5, 5.41) is 0. The number of hydrogen-bond acceptors (Lipinski definition) is 3. The summed E-state index contributed by atoms with van der Waals surface area (Å²) >= 11 is 0. The Bertz CT molecular complexity index is 412. The molecule has 0 aromatic heterocycles. The van der Waals surface area contributed by atoms with Gasteiger partial charge in [0.05, 0.1) is 0 Å². The molecule has 2 rings (SSSR count). The molecule has 17 heavy (non-hydrogen) atoms. The number of carbonyl (C=O) groups excluding carboxylic acids is 1. The molecule has 1 unspecified atom stereocenters. The predicted octanol–water partition coefficient (Wildman–Crippen LogP) is 2.62. The fourth-order valence-corrected chi connectivity index (χ4v) is 1.82. The van der Waals surface area contributed by atoms with Crippen molar-refractivity contribution in [1.82, 2.24) is 0 Å². The van der Waals surface area contributed by atoms with E-state index in [0.717, 1.165) is 12.8 Å². The van der Waals surface area contributed by atoms with Crippen LogP contribution in [0.4, 0.5) is 0 Å². The first kappa shape index (κ1) is 12.0. The number of benzene rings is 1. The second-order valence-electron chi connectivity index (χ2n) is 4.61. The highest BCUT2D eigenvalue weighted by Crippen LogP contribution is 2.30. The molecule has 1 aliphatic heterocycles. The lowest BCUT2D eigenvalue weighted by molar-refractivity contribution is -0.122. The Hall–Kier alpha value is -1.51. The van der Waals surface area contributed by atoms with Crippen LogP contribution in [0.2, 0.25) is 0 Å². The van der Waals surface area contributed by atoms with Crippen molar-refractivity contribution in [2.75, 3.05) is 13.2 Å². The minimum absolute atomic E-state index is 0.0234. The van der Waals surface area contributed by atoms with Crippen LogP contribution in [0.3, 0.4) is 0 Å². The summed E-state index contributed by atoms with van der Waals surface area (Å²) in [7, 11) is 0. The van der Waals surface area contributed by atoms with Crippen molar-refractivity contribution >= 4 is 5.78 Å². The number of ketones is 1. The van der Waals surface area contributed by atoms with Crippen molar-refractivity contribution < 1.29 is 14.3 Å². The topological polar surface area (TPSA) is 35.5 Å². The van der Waals surface area contributed by atoms with Gasteiger partial charge in [-0.2, -0.15) is 0 Å². The van der Waals surface area contributed by atoms with Crippen molar-refractivity contribution in [2.24, 2.45) is 5.92 Å². The van der Waals surface area contributed by atoms with Gasteiger partial charge in [-0.1, -0.05) is 26.3 Å². The quantitative estimate of drug-likeness (QED) is 0.806. The van der Waals surface area contributed by atoms with E-state index in [1.165, 1.54) is 5.56 Å². The van der Waals surface area contributed by atoms with Crippen molar-refractivity contribution in [3.8, 4) is 11.5 Å². The van der Waals surface area contributed by atoms with Crippen LogP contribution in [0.15, 0.2) is 18.2 Å². The molecule has 0 aliphatic carbocycles. The smallest absolute Gasteiger partial charge is 0.207 e. The molecule has 92 valence electrons. The lowest BCUT2D eigenvalue weighted by Crippen LogP contribution is -2.15. The van der Waals surface area contributed by atoms with Gasteiger partial charge < -0.3 is 9.47 Å². The molecule has 0 saturated heterocycles. The van der Waals surface area contributed by atoms with E-state index in [1.54, 1.807) is 0 Å². The summed E-state index contributed by atoms with van der Waals surface area (Å²) in [6.07, 6.45) is 2.19. The second kappa shape index (κ2) is 5.21. The predicted molar refractivity (Wildman–Crippen MR) is 65.6 cm³/mol. The zero-order chi connectivity index (χ0) is 12.3. The molecule has 0 spiro atoms. The second-order valence-corrected chi connectivity index (χ2v) is 4.61. The average Bonchev–Trinajstić information content (AvgIpc) is 2.52. The molecule has 0 amide bonds. The number of hydrogen-bond donors (Lipinski definition) is 0. The van der Waals surface area contributed by atoms with Crippen LogP contribution in [0.25, 0.3) is 0 Å². The van der Waals surface area contributed by atoms with E-state index >= 15 is 0 Å². The van der Waals surface area contributed by atoms with Gasteiger partial charge in [-0.25, -0.2) is 0 Å². The number of ether oxygens (including phenoxy) is 2. The minimum atomic E-state index is -0.0234. The number of carbonyl (C=O) groups is 1. The molecule has 3 nitrogen and oxygen atoms in total. The van der Waals surface area contributed by atoms with Gasteiger partial charge >= 0.3 is 0 Å². The van der Waals surface area contributed by atoms with Gasteiger partial charge in [0, 0.05) is 0 Å². The lowest BCUT2D eigenvalue weighted by atomic mass is 9.99. The Kier molecular flexibility index (Phi) is 3.67. The monoisotopic (exact) mass is 234 g/mol. The van der Waals surface area contributed by atoms with Crippen molar-refractivity contribution in [3.05, 3.63) is 23.8 Å². The maximum Gasteiger partial charge on any atom is 0.207 e. The normalized spacial score (nSPS) is 16.5. The highest BCUT2D eigenvalue weighted by atomic mass is 16.5. The summed E-state index contributed by atoms with van der Waals surface area (Å²) in [6, 6.07) is 5.93. The molecule has 1 aromatic carbocycles. The van der Waals surface area contributed by atoms with Gasteiger partial charge in [-0.15, -0.1) is 0 Å². The minimum Gasteiger partial charge on any atom is -0.482 e. The highest BCUT2D eigenvalue weighted by Gasteiger charge is 2.15. The van der Waals surface area contributed by atoms with E-state index in [9.17, 15) is 4.79 Å². The van der Waals surface area contributed by atoms with Crippen LogP contribution in [0.1, 0.15) is 25.8 Å². The molecule has 0 N–H and O–H groups in total. The molecular weight excluding hydrogens is 216 g/mol. The molecule has 0 saturated carbocycles. The zero-order valence-corrected chi connectivity index (χ0v) is 10.4. The van der Waals surface area contributed by atoms with Gasteiger partial charge in [0.1, 0.15) is 0 Å². The molecule has 1 atom stereocenters. The molecule has 1 heterocycles. The van der Waals surface area contributed by atoms with Gasteiger partial charge in [0.15, 0.2) is 24.7 Å². The first-order valence-corrected chi connectivity index (χ1v) is 6.09. The largest absolute Gasteiger partial charge is 0.482 e. The number of Topliss-reactive ketones (excluding diaryl/α,β-unsaturated/α-hetero) is 1. The van der Waals surface area contributed by atoms with Crippen LogP contribution < -0.4 is 9.47 Å². The maximum absolute atomic E-state index is 11.2. The molecule has 3 heteroatoms. The van der Waals surface area contributed by atoms with Gasteiger partial charge in [-0.05, 0) is 30.0 Å². The van der Waals surface area contributed by atoms with Crippen LogP contribution in [0.5, 0.6) is 11.5 Å². The van der Waals surface area contributed by atoms with Crippen molar-refractivity contribution in [3.63, 3.8) is 0 Å². The fourth-order valence-electron chi connectivity index (χ4n) is 1.82. The standard InChI is InChI=1S/C14H18O3/c1-3-10(2)6-11-4-5-13-14(7-11)17-9-12(15)8-16-13/h4-5,7,10H,3,6,8-9H2,1-2H3. The molecule has 1 aliphatic rings. The first-order valence-electron chi connectivity index (χ1n) is 6.09. The third-order valence-corrected chi connectivity index (χ3v) is 3.07. The van der Waals surface area contributed by atoms with E-state index in [0.29, 0.717) is 17.4 Å². The molecule has 0 bridgehead atoms. The number of fused-ring (bicyclic) bond motifs is 1. The SMILES string of the molecule is CCC(C)Cc1ccc2c(c1)OCC(=O)CO2. The lowest BCUT2D eigenvalue weighted by Gasteiger charge is -2.11. The van der Waals surface area contributed by atoms with E-state index in [2.05, 4.69) is 13.8 Å². The van der Waals surface area contributed by atoms with Crippen molar-refractivity contribution in [1.29, 1.82) is 0 Å². The third kappa shape index (κ3) is 2.99. The van der Waals surface area contributed by atoms with E-state index in [4.69, 9.17) is 9.47 Å². The molecule has 1 aromatic rings. The van der Waals surface area contributed by atoms with Crippen LogP contribution in [-0.2, 0) is 11.2 Å². The average molecular weight is 234 g/mol. The van der Waals surface area contributed by atoms with Gasteiger partial charge in [0.25, 0.3) is 0 Å². The Morgan fingerprint density at radius 1 is 1.24 bits per heavy atom. The summed E-state index contributed by atoms with van der Waals surface area (Å²) in [5.74, 6) is 1.99. The molecular formula is C14H18O3. The Morgan fingerprint density at radius 3 is 2.65 bits per heavy atom. The maximum atomic E-state index is 11.2. The van der Waals surface area contributed by atoms with E-state index < -0.39 is 0 Å². The van der Waals surface area contributed by atoms with E-state index in [-0.39, 0.29) is 19.0 Å². The zero-order valence-electron chi connectivity index (χ0n) is 10.4. The first-order chi connectivity index (χ1) is 8.19. The summed E-state index contributed by atoms with van der Waals surface area (Å²) in [6.45, 7) is 4.64. The summed E-state index contributed by atoms with van der Waals surface area (Å²) in [5.41, 5.74) is 1.23. The van der Waals surface area contributed by atoms with Crippen LogP contribution in [-0.4, -0.2) is 19.0 Å². The van der Waals surface area contributed by atoms with Crippen LogP contribution in [0, 0.1) is 5.92 Å². The Morgan fingerprint density at radius 2 is 1.94 bits per heavy atom. The van der Waals surface area contributed by atoms with E-state index in [1.807, 2.05) is 18.2 Å². The Labute approximate surface area is 102 Å².